The molecule has 0 aliphatic heterocycles. The van der Waals surface area contributed by atoms with Gasteiger partial charge in [-0.1, -0.05) is 49.4 Å². The van der Waals surface area contributed by atoms with Gasteiger partial charge in [-0.3, -0.25) is 4.79 Å². The molecule has 1 aliphatic carbocycles. The highest BCUT2D eigenvalue weighted by atomic mass is 16.1. The lowest BCUT2D eigenvalue weighted by Crippen LogP contribution is -2.20. The van der Waals surface area contributed by atoms with Crippen LogP contribution in [0, 0.1) is 5.92 Å². The van der Waals surface area contributed by atoms with Gasteiger partial charge in [0.15, 0.2) is 11.6 Å². The normalized spacial score (nSPS) is 16.0. The summed E-state index contributed by atoms with van der Waals surface area (Å²) in [7, 11) is 0. The van der Waals surface area contributed by atoms with Gasteiger partial charge in [-0.25, -0.2) is 9.67 Å². The lowest BCUT2D eigenvalue weighted by atomic mass is 9.88. The Morgan fingerprint density at radius 2 is 1.81 bits per heavy atom. The number of imidazole rings is 1. The number of para-hydroxylation sites is 2. The van der Waals surface area contributed by atoms with E-state index in [1.54, 1.807) is 4.68 Å². The minimum atomic E-state index is 0.124. The van der Waals surface area contributed by atoms with Crippen molar-refractivity contribution in [2.75, 3.05) is 5.32 Å². The molecule has 0 amide bonds. The molecule has 3 aromatic carbocycles. The minimum Gasteiger partial charge on any atom is -0.338 e. The second-order valence-electron chi connectivity index (χ2n) is 8.28. The van der Waals surface area contributed by atoms with E-state index in [4.69, 9.17) is 10.1 Å². The average molecular weight is 407 g/mol. The summed E-state index contributed by atoms with van der Waals surface area (Å²) in [6, 6.07) is 22.3. The van der Waals surface area contributed by atoms with E-state index in [1.807, 2.05) is 42.5 Å². The van der Waals surface area contributed by atoms with Gasteiger partial charge in [-0.05, 0) is 47.4 Å². The Bertz CT molecular complexity index is 1430. The van der Waals surface area contributed by atoms with Crippen LogP contribution in [0.5, 0.6) is 0 Å². The summed E-state index contributed by atoms with van der Waals surface area (Å²) in [4.78, 5) is 21.1. The van der Waals surface area contributed by atoms with Gasteiger partial charge in [-0.15, -0.1) is 5.10 Å². The molecule has 2 aromatic heterocycles. The smallest absolute Gasteiger partial charge is 0.229 e. The Labute approximate surface area is 178 Å². The first-order valence-corrected chi connectivity index (χ1v) is 10.5. The van der Waals surface area contributed by atoms with E-state index in [0.29, 0.717) is 23.8 Å². The number of anilines is 2. The van der Waals surface area contributed by atoms with Gasteiger partial charge in [-0.2, -0.15) is 0 Å². The van der Waals surface area contributed by atoms with Gasteiger partial charge in [0.25, 0.3) is 0 Å². The number of fused-ring (bicyclic) bond motifs is 3. The van der Waals surface area contributed by atoms with Crippen molar-refractivity contribution in [3.05, 3.63) is 78.0 Å². The molecule has 0 saturated heterocycles. The Balaban J connectivity index is 1.48. The molecule has 31 heavy (non-hydrogen) atoms. The standard InChI is InChI=1S/C25H21N5O/c1-15-12-21-23(22(31)13-15)24(26-18-11-10-16-6-2-3-7-17(16)14-18)29-30(21)25-27-19-8-4-5-9-20(19)28-25/h2-11,14-15H,12-13H2,1H3,(H,26,29)(H,27,28). The van der Waals surface area contributed by atoms with Crippen LogP contribution in [0.15, 0.2) is 66.7 Å². The number of ketones is 1. The summed E-state index contributed by atoms with van der Waals surface area (Å²) >= 11 is 0. The number of rotatable bonds is 3. The Hall–Kier alpha value is -3.93. The van der Waals surface area contributed by atoms with E-state index in [0.717, 1.165) is 34.2 Å². The van der Waals surface area contributed by atoms with E-state index in [2.05, 4.69) is 41.5 Å². The van der Waals surface area contributed by atoms with Crippen LogP contribution in [0.25, 0.3) is 27.8 Å². The van der Waals surface area contributed by atoms with Crippen LogP contribution < -0.4 is 5.32 Å². The zero-order valence-corrected chi connectivity index (χ0v) is 17.1. The minimum absolute atomic E-state index is 0.124. The molecular formula is C25H21N5O. The van der Waals surface area contributed by atoms with Gasteiger partial charge >= 0.3 is 0 Å². The highest BCUT2D eigenvalue weighted by molar-refractivity contribution is 6.03. The van der Waals surface area contributed by atoms with Crippen LogP contribution >= 0.6 is 0 Å². The molecule has 5 aromatic rings. The maximum absolute atomic E-state index is 13.0. The van der Waals surface area contributed by atoms with E-state index in [9.17, 15) is 4.79 Å². The molecule has 2 heterocycles. The second-order valence-corrected chi connectivity index (χ2v) is 8.28. The molecular weight excluding hydrogens is 386 g/mol. The van der Waals surface area contributed by atoms with E-state index in [-0.39, 0.29) is 11.7 Å². The third-order valence-corrected chi connectivity index (χ3v) is 5.93. The number of hydrogen-bond donors (Lipinski definition) is 2. The summed E-state index contributed by atoms with van der Waals surface area (Å²) in [5.41, 5.74) is 4.31. The van der Waals surface area contributed by atoms with E-state index >= 15 is 0 Å². The largest absolute Gasteiger partial charge is 0.338 e. The summed E-state index contributed by atoms with van der Waals surface area (Å²) in [6.45, 7) is 2.10. The van der Waals surface area contributed by atoms with Crippen LogP contribution in [-0.2, 0) is 6.42 Å². The SMILES string of the molecule is CC1CC(=O)c2c(Nc3ccc4ccccc4c3)nn(-c3nc4ccccc4[nH]3)c2C1. The lowest BCUT2D eigenvalue weighted by molar-refractivity contribution is 0.0953. The molecule has 0 saturated carbocycles. The van der Waals surface area contributed by atoms with Crippen molar-refractivity contribution in [3.63, 3.8) is 0 Å². The van der Waals surface area contributed by atoms with E-state index in [1.165, 1.54) is 5.39 Å². The maximum Gasteiger partial charge on any atom is 0.229 e. The van der Waals surface area contributed by atoms with Crippen LogP contribution in [0.1, 0.15) is 29.4 Å². The number of hydrogen-bond acceptors (Lipinski definition) is 4. The number of nitrogens with one attached hydrogen (secondary N) is 2. The van der Waals surface area contributed by atoms with Gasteiger partial charge < -0.3 is 10.3 Å². The number of H-pyrrole nitrogens is 1. The number of carbonyl (C=O) groups excluding carboxylic acids is 1. The highest BCUT2D eigenvalue weighted by Crippen LogP contribution is 2.34. The molecule has 6 heteroatoms. The summed E-state index contributed by atoms with van der Waals surface area (Å²) < 4.78 is 1.80. The first-order valence-electron chi connectivity index (χ1n) is 10.5. The van der Waals surface area contributed by atoms with Crippen molar-refractivity contribution in [2.24, 2.45) is 5.92 Å². The van der Waals surface area contributed by atoms with E-state index < -0.39 is 0 Å². The third kappa shape index (κ3) is 2.99. The molecule has 1 aliphatic rings. The van der Waals surface area contributed by atoms with Crippen LogP contribution in [0.2, 0.25) is 0 Å². The zero-order chi connectivity index (χ0) is 20.9. The molecule has 1 atom stereocenters. The fourth-order valence-corrected chi connectivity index (χ4v) is 4.46. The number of benzene rings is 3. The van der Waals surface area contributed by atoms with Crippen molar-refractivity contribution in [2.45, 2.75) is 19.8 Å². The molecule has 0 spiro atoms. The quantitative estimate of drug-likeness (QED) is 0.419. The predicted molar refractivity (Wildman–Crippen MR) is 122 cm³/mol. The predicted octanol–water partition coefficient (Wildman–Crippen LogP) is 5.41. The molecule has 1 unspecified atom stereocenters. The van der Waals surface area contributed by atoms with Crippen molar-refractivity contribution in [1.82, 2.24) is 19.7 Å². The number of aromatic nitrogens is 4. The molecule has 0 radical (unpaired) electrons. The molecule has 2 N–H and O–H groups in total. The topological polar surface area (TPSA) is 75.6 Å². The molecule has 0 fully saturated rings. The zero-order valence-electron chi connectivity index (χ0n) is 17.1. The van der Waals surface area contributed by atoms with Crippen LogP contribution in [0.4, 0.5) is 11.5 Å². The summed E-state index contributed by atoms with van der Waals surface area (Å²) in [5, 5.41) is 10.5. The van der Waals surface area contributed by atoms with Crippen molar-refractivity contribution < 1.29 is 4.79 Å². The van der Waals surface area contributed by atoms with Gasteiger partial charge in [0.05, 0.1) is 22.3 Å². The van der Waals surface area contributed by atoms with Crippen LogP contribution in [-0.4, -0.2) is 25.5 Å². The number of nitrogens with zero attached hydrogens (tertiary/aromatic N) is 3. The fraction of sp³-hybridized carbons (Fsp3) is 0.160. The Morgan fingerprint density at radius 1 is 1.00 bits per heavy atom. The first kappa shape index (κ1) is 17.9. The summed E-state index contributed by atoms with van der Waals surface area (Å²) in [5.74, 6) is 1.61. The number of aromatic amines is 1. The third-order valence-electron chi connectivity index (χ3n) is 5.93. The van der Waals surface area contributed by atoms with Gasteiger partial charge in [0.1, 0.15) is 0 Å². The van der Waals surface area contributed by atoms with Crippen molar-refractivity contribution in [1.29, 1.82) is 0 Å². The van der Waals surface area contributed by atoms with Crippen molar-refractivity contribution >= 4 is 39.1 Å². The Morgan fingerprint density at radius 3 is 2.68 bits per heavy atom. The Kier molecular flexibility index (Phi) is 3.93. The van der Waals surface area contributed by atoms with Crippen LogP contribution in [0.3, 0.4) is 0 Å². The molecule has 152 valence electrons. The maximum atomic E-state index is 13.0. The summed E-state index contributed by atoms with van der Waals surface area (Å²) in [6.07, 6.45) is 1.32. The van der Waals surface area contributed by atoms with Crippen molar-refractivity contribution in [3.8, 4) is 5.95 Å². The van der Waals surface area contributed by atoms with Gasteiger partial charge in [0.2, 0.25) is 5.95 Å². The average Bonchev–Trinajstić information content (AvgIpc) is 3.35. The first-order chi connectivity index (χ1) is 15.2. The second kappa shape index (κ2) is 6.80. The number of Topliss-reactive ketones (excluding diaryl/α,β-unsaturated/α-hetero) is 1. The molecule has 6 rings (SSSR count). The lowest BCUT2D eigenvalue weighted by Gasteiger charge is -2.18. The molecule has 6 nitrogen and oxygen atoms in total. The fourth-order valence-electron chi connectivity index (χ4n) is 4.46. The number of carbonyl (C=O) groups is 1. The monoisotopic (exact) mass is 407 g/mol. The van der Waals surface area contributed by atoms with Gasteiger partial charge in [0, 0.05) is 12.1 Å². The molecule has 0 bridgehead atoms. The highest BCUT2D eigenvalue weighted by Gasteiger charge is 2.31.